The van der Waals surface area contributed by atoms with Gasteiger partial charge in [0.15, 0.2) is 0 Å². The van der Waals surface area contributed by atoms with Crippen molar-refractivity contribution < 1.29 is 14.4 Å². The number of hydrogen-bond donors (Lipinski definition) is 2. The number of nitrogens with one attached hydrogen (secondary N) is 1. The summed E-state index contributed by atoms with van der Waals surface area (Å²) in [5.74, 6) is 4.63. The highest BCUT2D eigenvalue weighted by Gasteiger charge is 2.29. The van der Waals surface area contributed by atoms with Gasteiger partial charge in [0, 0.05) is 18.0 Å². The fourth-order valence-electron chi connectivity index (χ4n) is 2.20. The summed E-state index contributed by atoms with van der Waals surface area (Å²) in [6.45, 7) is 4.80. The van der Waals surface area contributed by atoms with E-state index in [-0.39, 0.29) is 30.8 Å². The van der Waals surface area contributed by atoms with Crippen LogP contribution in [0.1, 0.15) is 27.0 Å². The maximum absolute atomic E-state index is 12.1. The first-order valence-electron chi connectivity index (χ1n) is 6.62. The monoisotopic (exact) mass is 310 g/mol. The van der Waals surface area contributed by atoms with E-state index in [1.807, 2.05) is 13.8 Å². The molecule has 0 aliphatic carbocycles. The van der Waals surface area contributed by atoms with Crippen LogP contribution in [0.4, 0.5) is 0 Å². The number of hydrazine groups is 1. The molecule has 0 saturated carbocycles. The van der Waals surface area contributed by atoms with Crippen LogP contribution in [0.5, 0.6) is 0 Å². The zero-order chi connectivity index (χ0) is 15.6. The molecule has 1 aliphatic heterocycles. The number of thiophene rings is 1. The molecule has 0 radical (unpaired) electrons. The molecule has 3 N–H and O–H groups in total. The zero-order valence-electron chi connectivity index (χ0n) is 12.0. The number of nitrogen functional groups attached to an aromatic ring is 1. The minimum atomic E-state index is -0.354. The molecule has 2 heterocycles. The number of likely N-dealkylation sites (N-methyl/N-ethyl adjacent to an activating group) is 1. The number of aryl methyl sites for hydroxylation is 1. The van der Waals surface area contributed by atoms with E-state index in [4.69, 9.17) is 5.84 Å². The zero-order valence-corrected chi connectivity index (χ0v) is 12.8. The van der Waals surface area contributed by atoms with Crippen molar-refractivity contribution >= 4 is 29.1 Å². The van der Waals surface area contributed by atoms with Gasteiger partial charge in [0.05, 0.1) is 11.4 Å². The highest BCUT2D eigenvalue weighted by Crippen LogP contribution is 2.23. The van der Waals surface area contributed by atoms with Gasteiger partial charge < -0.3 is 9.80 Å². The molecular weight excluding hydrogens is 292 g/mol. The number of nitrogens with zero attached hydrogens (tertiary/aromatic N) is 2. The molecule has 2 rings (SSSR count). The van der Waals surface area contributed by atoms with E-state index in [1.54, 1.807) is 6.07 Å². The smallest absolute Gasteiger partial charge is 0.275 e. The lowest BCUT2D eigenvalue weighted by atomic mass is 10.2. The summed E-state index contributed by atoms with van der Waals surface area (Å²) in [6, 6.07) is 1.71. The number of hydrogen-bond acceptors (Lipinski definition) is 5. The predicted molar refractivity (Wildman–Crippen MR) is 78.4 cm³/mol. The van der Waals surface area contributed by atoms with E-state index >= 15 is 0 Å². The predicted octanol–water partition coefficient (Wildman–Crippen LogP) is -0.149. The summed E-state index contributed by atoms with van der Waals surface area (Å²) in [5, 5.41) is 0. The van der Waals surface area contributed by atoms with E-state index < -0.39 is 0 Å². The van der Waals surface area contributed by atoms with E-state index in [1.165, 1.54) is 21.1 Å². The molecule has 0 atom stereocenters. The van der Waals surface area contributed by atoms with Crippen molar-refractivity contribution in [1.82, 2.24) is 15.2 Å². The summed E-state index contributed by atoms with van der Waals surface area (Å²) in [7, 11) is 0. The van der Waals surface area contributed by atoms with Gasteiger partial charge >= 0.3 is 0 Å². The van der Waals surface area contributed by atoms with E-state index in [2.05, 4.69) is 5.43 Å². The van der Waals surface area contributed by atoms with E-state index in [0.29, 0.717) is 18.0 Å². The van der Waals surface area contributed by atoms with Crippen LogP contribution in [0, 0.1) is 6.92 Å². The summed E-state index contributed by atoms with van der Waals surface area (Å²) in [5.41, 5.74) is 2.95. The topological polar surface area (TPSA) is 95.7 Å². The van der Waals surface area contributed by atoms with Crippen LogP contribution >= 0.6 is 11.3 Å². The van der Waals surface area contributed by atoms with Crippen molar-refractivity contribution in [3.63, 3.8) is 0 Å². The standard InChI is InChI=1S/C13H18N4O3S/c1-3-16-6-12(19)17(7-11(16)18)5-9-4-10(13(20)15-14)21-8(9)2/h4H,3,5-7,14H2,1-2H3,(H,15,20). The van der Waals surface area contributed by atoms with Gasteiger partial charge in [0.25, 0.3) is 5.91 Å². The number of amides is 3. The SMILES string of the molecule is CCN1CC(=O)N(Cc2cc(C(=O)NN)sc2C)CC1=O. The van der Waals surface area contributed by atoms with Crippen molar-refractivity contribution in [3.8, 4) is 0 Å². The largest absolute Gasteiger partial charge is 0.332 e. The molecule has 7 nitrogen and oxygen atoms in total. The quantitative estimate of drug-likeness (QED) is 0.459. The summed E-state index contributed by atoms with van der Waals surface area (Å²) in [6.07, 6.45) is 0. The Morgan fingerprint density at radius 1 is 1.33 bits per heavy atom. The summed E-state index contributed by atoms with van der Waals surface area (Å²) in [4.78, 5) is 39.9. The van der Waals surface area contributed by atoms with Crippen LogP contribution < -0.4 is 11.3 Å². The molecule has 1 aromatic heterocycles. The maximum Gasteiger partial charge on any atom is 0.275 e. The van der Waals surface area contributed by atoms with Crippen LogP contribution in [0.2, 0.25) is 0 Å². The lowest BCUT2D eigenvalue weighted by Crippen LogP contribution is -2.53. The van der Waals surface area contributed by atoms with Gasteiger partial charge in [0.1, 0.15) is 6.54 Å². The molecule has 0 unspecified atom stereocenters. The minimum Gasteiger partial charge on any atom is -0.332 e. The lowest BCUT2D eigenvalue weighted by Gasteiger charge is -2.33. The Hall–Kier alpha value is -1.93. The van der Waals surface area contributed by atoms with Crippen LogP contribution in [-0.4, -0.2) is 47.2 Å². The molecule has 1 saturated heterocycles. The van der Waals surface area contributed by atoms with Crippen molar-refractivity contribution in [2.24, 2.45) is 5.84 Å². The van der Waals surface area contributed by atoms with Crippen LogP contribution in [0.3, 0.4) is 0 Å². The van der Waals surface area contributed by atoms with Gasteiger partial charge in [0.2, 0.25) is 11.8 Å². The molecule has 0 bridgehead atoms. The van der Waals surface area contributed by atoms with Crippen LogP contribution in [0.15, 0.2) is 6.07 Å². The average molecular weight is 310 g/mol. The molecular formula is C13H18N4O3S. The number of carbonyl (C=O) groups excluding carboxylic acids is 3. The highest BCUT2D eigenvalue weighted by molar-refractivity contribution is 7.14. The number of nitrogens with two attached hydrogens (primary N) is 1. The highest BCUT2D eigenvalue weighted by atomic mass is 32.1. The molecule has 8 heteroatoms. The molecule has 1 aromatic rings. The molecule has 1 aliphatic rings. The molecule has 1 fully saturated rings. The Kier molecular flexibility index (Phi) is 4.59. The van der Waals surface area contributed by atoms with Gasteiger partial charge in [-0.25, -0.2) is 5.84 Å². The third kappa shape index (κ3) is 3.22. The second-order valence-corrected chi connectivity index (χ2v) is 6.08. The number of carbonyl (C=O) groups is 3. The Balaban J connectivity index is 2.11. The Morgan fingerprint density at radius 2 is 1.95 bits per heavy atom. The molecule has 21 heavy (non-hydrogen) atoms. The van der Waals surface area contributed by atoms with Crippen molar-refractivity contribution in [2.75, 3.05) is 19.6 Å². The lowest BCUT2D eigenvalue weighted by molar-refractivity contribution is -0.150. The third-order valence-electron chi connectivity index (χ3n) is 3.48. The first-order chi connectivity index (χ1) is 9.96. The van der Waals surface area contributed by atoms with Crippen LogP contribution in [-0.2, 0) is 16.1 Å². The average Bonchev–Trinajstić information content (AvgIpc) is 2.83. The normalized spacial score (nSPS) is 15.6. The third-order valence-corrected chi connectivity index (χ3v) is 4.57. The van der Waals surface area contributed by atoms with Gasteiger partial charge in [-0.2, -0.15) is 0 Å². The number of piperazine rings is 1. The van der Waals surface area contributed by atoms with Gasteiger partial charge in [-0.3, -0.25) is 19.8 Å². The van der Waals surface area contributed by atoms with Crippen molar-refractivity contribution in [2.45, 2.75) is 20.4 Å². The van der Waals surface area contributed by atoms with Crippen LogP contribution in [0.25, 0.3) is 0 Å². The van der Waals surface area contributed by atoms with E-state index in [9.17, 15) is 14.4 Å². The fraction of sp³-hybridized carbons (Fsp3) is 0.462. The molecule has 114 valence electrons. The molecule has 0 aromatic carbocycles. The van der Waals surface area contributed by atoms with Crippen molar-refractivity contribution in [3.05, 3.63) is 21.4 Å². The van der Waals surface area contributed by atoms with Gasteiger partial charge in [-0.1, -0.05) is 0 Å². The Bertz CT molecular complexity index is 584. The van der Waals surface area contributed by atoms with Gasteiger partial charge in [-0.15, -0.1) is 11.3 Å². The maximum atomic E-state index is 12.1. The fourth-order valence-corrected chi connectivity index (χ4v) is 3.14. The van der Waals surface area contributed by atoms with Gasteiger partial charge in [-0.05, 0) is 25.5 Å². The van der Waals surface area contributed by atoms with E-state index in [0.717, 1.165) is 10.4 Å². The summed E-state index contributed by atoms with van der Waals surface area (Å²) < 4.78 is 0. The Labute approximate surface area is 126 Å². The first-order valence-corrected chi connectivity index (χ1v) is 7.43. The molecule has 3 amide bonds. The second kappa shape index (κ2) is 6.23. The first kappa shape index (κ1) is 15.5. The second-order valence-electron chi connectivity index (χ2n) is 4.82. The minimum absolute atomic E-state index is 0.0510. The summed E-state index contributed by atoms with van der Waals surface area (Å²) >= 11 is 1.32. The Morgan fingerprint density at radius 3 is 2.57 bits per heavy atom. The number of rotatable bonds is 4. The van der Waals surface area contributed by atoms with Crippen molar-refractivity contribution in [1.29, 1.82) is 0 Å². The molecule has 0 spiro atoms.